The number of hydrogen-bond donors (Lipinski definition) is 2. The van der Waals surface area contributed by atoms with Crippen molar-refractivity contribution in [3.63, 3.8) is 0 Å². The van der Waals surface area contributed by atoms with E-state index in [1.54, 1.807) is 6.07 Å². The van der Waals surface area contributed by atoms with E-state index in [4.69, 9.17) is 0 Å². The van der Waals surface area contributed by atoms with E-state index < -0.39 is 28.6 Å². The number of halogens is 2. The van der Waals surface area contributed by atoms with Crippen LogP contribution in [0.15, 0.2) is 48.0 Å². The highest BCUT2D eigenvalue weighted by Crippen LogP contribution is 2.29. The largest absolute Gasteiger partial charge is 1.00 e. The lowest BCUT2D eigenvalue weighted by Gasteiger charge is -2.29. The maximum atomic E-state index is 13.3. The Labute approximate surface area is 193 Å². The molecule has 0 aromatic heterocycles. The molecule has 4 rings (SSSR count). The first-order valence-electron chi connectivity index (χ1n) is 9.87. The van der Waals surface area contributed by atoms with Gasteiger partial charge in [-0.25, -0.2) is 14.1 Å². The number of piperazine rings is 1. The third-order valence-corrected chi connectivity index (χ3v) is 5.26. The van der Waals surface area contributed by atoms with Crippen molar-refractivity contribution >= 4 is 41.0 Å². The van der Waals surface area contributed by atoms with Crippen molar-refractivity contribution in [3.8, 4) is 0 Å². The predicted molar refractivity (Wildman–Crippen MR) is 112 cm³/mol. The molecule has 12 heteroatoms. The molecule has 2 aliphatic rings. The van der Waals surface area contributed by atoms with Crippen molar-refractivity contribution in [1.82, 2.24) is 5.32 Å². The number of nitro groups is 1. The molecule has 0 spiro atoms. The van der Waals surface area contributed by atoms with Gasteiger partial charge in [0.15, 0.2) is 0 Å². The van der Waals surface area contributed by atoms with E-state index >= 15 is 0 Å². The second kappa shape index (κ2) is 9.76. The third kappa shape index (κ3) is 4.83. The van der Waals surface area contributed by atoms with Crippen LogP contribution in [0.5, 0.6) is 0 Å². The molecule has 2 aromatic carbocycles. The number of carbonyl (C=O) groups excluding carboxylic acids is 3. The van der Waals surface area contributed by atoms with E-state index in [-0.39, 0.29) is 29.4 Å². The number of quaternary nitrogens is 1. The number of barbiturate groups is 1. The molecule has 3 N–H and O–H groups in total. The first-order chi connectivity index (χ1) is 15.3. The highest BCUT2D eigenvalue weighted by atomic mass is 35.5. The standard InChI is InChI=1S/C21H18FN5O5.ClH/c22-14-1-3-15(4-2-14)26-20(29)17(19(28)24-21(26)30)12-13-11-16(27(31)32)5-6-18(13)25-9-7-23-8-10-25;/h1-6,11-12,23H,7-10H2,(H,24,28,30);1H/b17-12-;. The van der Waals surface area contributed by atoms with Gasteiger partial charge in [0, 0.05) is 23.4 Å². The monoisotopic (exact) mass is 475 g/mol. The molecule has 2 aliphatic heterocycles. The highest BCUT2D eigenvalue weighted by molar-refractivity contribution is 6.39. The normalized spacial score (nSPS) is 17.6. The molecule has 0 unspecified atom stereocenters. The quantitative estimate of drug-likeness (QED) is 0.223. The van der Waals surface area contributed by atoms with Crippen molar-refractivity contribution in [2.24, 2.45) is 0 Å². The maximum Gasteiger partial charge on any atom is 0.335 e. The Hall–Kier alpha value is -3.83. The van der Waals surface area contributed by atoms with Crippen LogP contribution in [0.25, 0.3) is 6.08 Å². The molecule has 0 radical (unpaired) electrons. The summed E-state index contributed by atoms with van der Waals surface area (Å²) in [5, 5.41) is 15.5. The second-order valence-electron chi connectivity index (χ2n) is 7.29. The molecule has 0 bridgehead atoms. The zero-order chi connectivity index (χ0) is 22.8. The predicted octanol–water partition coefficient (Wildman–Crippen LogP) is -2.21. The van der Waals surface area contributed by atoms with Crippen molar-refractivity contribution in [3.05, 3.63) is 69.5 Å². The molecule has 0 atom stereocenters. The lowest BCUT2D eigenvalue weighted by molar-refractivity contribution is -0.655. The Morgan fingerprint density at radius 3 is 2.36 bits per heavy atom. The van der Waals surface area contributed by atoms with Crippen LogP contribution in [0.1, 0.15) is 5.56 Å². The summed E-state index contributed by atoms with van der Waals surface area (Å²) in [6.07, 6.45) is 1.25. The fraction of sp³-hybridized carbons (Fsp3) is 0.190. The Morgan fingerprint density at radius 1 is 1.06 bits per heavy atom. The number of urea groups is 1. The van der Waals surface area contributed by atoms with Gasteiger partial charge in [-0.1, -0.05) is 0 Å². The van der Waals surface area contributed by atoms with Crippen LogP contribution in [0.3, 0.4) is 0 Å². The minimum atomic E-state index is -0.963. The smallest absolute Gasteiger partial charge is 0.335 e. The summed E-state index contributed by atoms with van der Waals surface area (Å²) >= 11 is 0. The summed E-state index contributed by atoms with van der Waals surface area (Å²) in [7, 11) is 0. The van der Waals surface area contributed by atoms with Crippen LogP contribution >= 0.6 is 0 Å². The van der Waals surface area contributed by atoms with Gasteiger partial charge in [-0.15, -0.1) is 0 Å². The molecule has 172 valence electrons. The SMILES string of the molecule is O=C1NC(=O)N(c2ccc(F)cc2)C(=O)/C1=C\c1cc([N+](=O)[O-])ccc1N1CC[NH2+]CC1.[Cl-]. The molecule has 4 amide bonds. The number of nitro benzene ring substituents is 1. The van der Waals surface area contributed by atoms with Gasteiger partial charge in [-0.2, -0.15) is 0 Å². The summed E-state index contributed by atoms with van der Waals surface area (Å²) in [6.45, 7) is 3.04. The number of amides is 4. The number of benzene rings is 2. The van der Waals surface area contributed by atoms with Crippen molar-refractivity contribution < 1.29 is 41.4 Å². The zero-order valence-corrected chi connectivity index (χ0v) is 17.9. The average molecular weight is 476 g/mol. The molecule has 2 aromatic rings. The molecule has 10 nitrogen and oxygen atoms in total. The number of imide groups is 2. The molecule has 2 heterocycles. The molecule has 2 fully saturated rings. The van der Waals surface area contributed by atoms with Crippen LogP contribution in [0.4, 0.5) is 26.2 Å². The number of nitrogens with zero attached hydrogens (tertiary/aromatic N) is 3. The van der Waals surface area contributed by atoms with Gasteiger partial charge in [0.25, 0.3) is 17.5 Å². The number of hydrogen-bond acceptors (Lipinski definition) is 6. The maximum absolute atomic E-state index is 13.3. The molecule has 0 saturated carbocycles. The first-order valence-corrected chi connectivity index (χ1v) is 9.87. The molecular weight excluding hydrogens is 457 g/mol. The fourth-order valence-electron chi connectivity index (χ4n) is 3.69. The van der Waals surface area contributed by atoms with Gasteiger partial charge in [-0.3, -0.25) is 25.0 Å². The van der Waals surface area contributed by atoms with Gasteiger partial charge < -0.3 is 22.6 Å². The minimum Gasteiger partial charge on any atom is -1.00 e. The first kappa shape index (κ1) is 23.8. The van der Waals surface area contributed by atoms with E-state index in [1.807, 2.05) is 4.90 Å². The van der Waals surface area contributed by atoms with Gasteiger partial charge in [-0.05, 0) is 36.4 Å². The Morgan fingerprint density at radius 2 is 1.73 bits per heavy atom. The summed E-state index contributed by atoms with van der Waals surface area (Å²) in [5.41, 5.74) is 0.478. The third-order valence-electron chi connectivity index (χ3n) is 5.26. The Kier molecular flexibility index (Phi) is 7.04. The van der Waals surface area contributed by atoms with Crippen LogP contribution in [-0.2, 0) is 9.59 Å². The molecule has 33 heavy (non-hydrogen) atoms. The van der Waals surface area contributed by atoms with Gasteiger partial charge in [0.2, 0.25) is 0 Å². The van der Waals surface area contributed by atoms with Crippen molar-refractivity contribution in [2.75, 3.05) is 36.0 Å². The molecule has 2 saturated heterocycles. The molecule has 0 aliphatic carbocycles. The van der Waals surface area contributed by atoms with E-state index in [9.17, 15) is 28.9 Å². The Balaban J connectivity index is 0.00000306. The van der Waals surface area contributed by atoms with Crippen molar-refractivity contribution in [2.45, 2.75) is 0 Å². The van der Waals surface area contributed by atoms with Crippen LogP contribution in [-0.4, -0.2) is 48.9 Å². The van der Waals surface area contributed by atoms with Crippen LogP contribution in [0.2, 0.25) is 0 Å². The number of anilines is 2. The number of non-ortho nitro benzene ring substituents is 1. The van der Waals surface area contributed by atoms with Crippen molar-refractivity contribution in [1.29, 1.82) is 0 Å². The highest BCUT2D eigenvalue weighted by Gasteiger charge is 2.37. The van der Waals surface area contributed by atoms with E-state index in [2.05, 4.69) is 10.6 Å². The van der Waals surface area contributed by atoms with Gasteiger partial charge >= 0.3 is 6.03 Å². The van der Waals surface area contributed by atoms with Crippen LogP contribution < -0.4 is 32.8 Å². The summed E-state index contributed by atoms with van der Waals surface area (Å²) in [5.74, 6) is -2.37. The second-order valence-corrected chi connectivity index (χ2v) is 7.29. The summed E-state index contributed by atoms with van der Waals surface area (Å²) in [4.78, 5) is 51.4. The van der Waals surface area contributed by atoms with E-state index in [1.165, 1.54) is 30.3 Å². The lowest BCUT2D eigenvalue weighted by atomic mass is 10.0. The number of carbonyl (C=O) groups is 3. The van der Waals surface area contributed by atoms with Crippen LogP contribution in [0, 0.1) is 15.9 Å². The number of nitrogens with one attached hydrogen (secondary N) is 1. The minimum absolute atomic E-state index is 0. The van der Waals surface area contributed by atoms with Gasteiger partial charge in [0.05, 0.1) is 36.8 Å². The van der Waals surface area contributed by atoms with E-state index in [0.29, 0.717) is 24.3 Å². The zero-order valence-electron chi connectivity index (χ0n) is 17.2. The molecular formula is C21H19ClFN5O5. The lowest BCUT2D eigenvalue weighted by Crippen LogP contribution is -3.00. The number of rotatable bonds is 4. The summed E-state index contributed by atoms with van der Waals surface area (Å²) < 4.78 is 13.3. The van der Waals surface area contributed by atoms with E-state index in [0.717, 1.165) is 30.1 Å². The Bertz CT molecular complexity index is 1150. The topological polar surface area (TPSA) is 129 Å². The number of nitrogens with two attached hydrogens (primary N) is 1. The average Bonchev–Trinajstić information content (AvgIpc) is 2.78. The van der Waals surface area contributed by atoms with Gasteiger partial charge in [0.1, 0.15) is 11.4 Å². The fourth-order valence-corrected chi connectivity index (χ4v) is 3.69. The summed E-state index contributed by atoms with van der Waals surface area (Å²) in [6, 6.07) is 7.93.